The van der Waals surface area contributed by atoms with Crippen molar-refractivity contribution in [2.75, 3.05) is 7.11 Å². The van der Waals surface area contributed by atoms with Crippen LogP contribution in [0.15, 0.2) is 23.4 Å². The monoisotopic (exact) mass is 237 g/mol. The van der Waals surface area contributed by atoms with E-state index in [9.17, 15) is 22.8 Å². The van der Waals surface area contributed by atoms with E-state index in [4.69, 9.17) is 5.73 Å². The van der Waals surface area contributed by atoms with Gasteiger partial charge in [0.15, 0.2) is 0 Å². The molecule has 2 N–H and O–H groups in total. The van der Waals surface area contributed by atoms with Gasteiger partial charge in [-0.15, -0.1) is 0 Å². The van der Waals surface area contributed by atoms with E-state index in [1.54, 1.807) is 0 Å². The van der Waals surface area contributed by atoms with Gasteiger partial charge in [-0.3, -0.25) is 4.79 Å². The van der Waals surface area contributed by atoms with Crippen LogP contribution in [-0.2, 0) is 14.3 Å². The fourth-order valence-corrected chi connectivity index (χ4v) is 0.724. The zero-order valence-electron chi connectivity index (χ0n) is 8.59. The van der Waals surface area contributed by atoms with Gasteiger partial charge >= 0.3 is 12.1 Å². The number of methoxy groups -OCH3 is 1. The average Bonchev–Trinajstić information content (AvgIpc) is 2.15. The Bertz CT molecular complexity index is 352. The molecule has 0 aromatic heterocycles. The minimum Gasteiger partial charge on any atom is -0.465 e. The summed E-state index contributed by atoms with van der Waals surface area (Å²) in [7, 11) is 1.05. The molecule has 16 heavy (non-hydrogen) atoms. The third-order valence-electron chi connectivity index (χ3n) is 1.51. The number of nitrogens with two attached hydrogens (primary N) is 1. The number of rotatable bonds is 3. The Morgan fingerprint density at radius 2 is 1.75 bits per heavy atom. The number of halogens is 3. The van der Waals surface area contributed by atoms with E-state index < -0.39 is 17.9 Å². The van der Waals surface area contributed by atoms with E-state index >= 15 is 0 Å². The normalized spacial score (nSPS) is 13.6. The van der Waals surface area contributed by atoms with Crippen molar-refractivity contribution in [2.24, 2.45) is 5.73 Å². The van der Waals surface area contributed by atoms with E-state index in [0.717, 1.165) is 7.11 Å². The summed E-state index contributed by atoms with van der Waals surface area (Å²) in [6, 6.07) is 0. The van der Waals surface area contributed by atoms with Crippen molar-refractivity contribution in [3.63, 3.8) is 0 Å². The molecule has 7 heteroatoms. The molecule has 0 unspecified atom stereocenters. The van der Waals surface area contributed by atoms with Gasteiger partial charge < -0.3 is 10.5 Å². The minimum atomic E-state index is -4.97. The molecule has 0 aromatic rings. The molecule has 0 rings (SSSR count). The SMILES string of the molecule is COC(=O)/C(C=CC(=O)C(F)(F)F)=C(/C)N. The second-order valence-electron chi connectivity index (χ2n) is 2.78. The fraction of sp³-hybridized carbons (Fsp3) is 0.333. The maximum atomic E-state index is 11.8. The summed E-state index contributed by atoms with van der Waals surface area (Å²) < 4.78 is 39.7. The van der Waals surface area contributed by atoms with Crippen LogP contribution in [0.4, 0.5) is 13.2 Å². The quantitative estimate of drug-likeness (QED) is 0.453. The summed E-state index contributed by atoms with van der Waals surface area (Å²) >= 11 is 0. The topological polar surface area (TPSA) is 69.4 Å². The molecule has 0 aliphatic rings. The zero-order valence-corrected chi connectivity index (χ0v) is 8.59. The fourth-order valence-electron chi connectivity index (χ4n) is 0.724. The Labute approximate surface area is 89.6 Å². The molecule has 0 bridgehead atoms. The predicted molar refractivity (Wildman–Crippen MR) is 49.1 cm³/mol. The predicted octanol–water partition coefficient (Wildman–Crippen LogP) is 1.08. The van der Waals surface area contributed by atoms with Crippen molar-refractivity contribution >= 4 is 11.8 Å². The van der Waals surface area contributed by atoms with Gasteiger partial charge in [-0.25, -0.2) is 4.79 Å². The number of carbonyl (C=O) groups excluding carboxylic acids is 2. The van der Waals surface area contributed by atoms with Crippen molar-refractivity contribution < 1.29 is 27.5 Å². The van der Waals surface area contributed by atoms with Crippen molar-refractivity contribution in [1.82, 2.24) is 0 Å². The maximum Gasteiger partial charge on any atom is 0.454 e. The molecular formula is C9H10F3NO3. The molecule has 0 saturated heterocycles. The number of carbonyl (C=O) groups is 2. The van der Waals surface area contributed by atoms with E-state index in [1.165, 1.54) is 6.92 Å². The number of esters is 1. The lowest BCUT2D eigenvalue weighted by Gasteiger charge is -2.03. The summed E-state index contributed by atoms with van der Waals surface area (Å²) in [6.07, 6.45) is -4.07. The molecule has 0 spiro atoms. The van der Waals surface area contributed by atoms with E-state index in [1.807, 2.05) is 0 Å². The van der Waals surface area contributed by atoms with Crippen molar-refractivity contribution in [2.45, 2.75) is 13.1 Å². The van der Waals surface area contributed by atoms with Crippen LogP contribution in [0.25, 0.3) is 0 Å². The van der Waals surface area contributed by atoms with Crippen LogP contribution in [-0.4, -0.2) is 25.0 Å². The molecular weight excluding hydrogens is 227 g/mol. The van der Waals surface area contributed by atoms with Gasteiger partial charge in [0.1, 0.15) is 0 Å². The first-order valence-corrected chi connectivity index (χ1v) is 4.04. The van der Waals surface area contributed by atoms with Crippen LogP contribution in [0.3, 0.4) is 0 Å². The minimum absolute atomic E-state index is 0.0434. The second-order valence-corrected chi connectivity index (χ2v) is 2.78. The highest BCUT2D eigenvalue weighted by atomic mass is 19.4. The highest BCUT2D eigenvalue weighted by Gasteiger charge is 2.36. The smallest absolute Gasteiger partial charge is 0.454 e. The second kappa shape index (κ2) is 5.34. The molecule has 0 atom stereocenters. The third kappa shape index (κ3) is 4.16. The van der Waals surface area contributed by atoms with Gasteiger partial charge in [-0.1, -0.05) is 0 Å². The van der Waals surface area contributed by atoms with Crippen LogP contribution in [0.2, 0.25) is 0 Å². The molecule has 0 heterocycles. The van der Waals surface area contributed by atoms with Crippen LogP contribution in [0.5, 0.6) is 0 Å². The molecule has 4 nitrogen and oxygen atoms in total. The summed E-state index contributed by atoms with van der Waals surface area (Å²) in [5.41, 5.74) is 4.91. The lowest BCUT2D eigenvalue weighted by molar-refractivity contribution is -0.165. The highest BCUT2D eigenvalue weighted by molar-refractivity contribution is 5.98. The van der Waals surface area contributed by atoms with E-state index in [-0.39, 0.29) is 17.3 Å². The first kappa shape index (κ1) is 14.2. The van der Waals surface area contributed by atoms with Crippen molar-refractivity contribution in [3.8, 4) is 0 Å². The first-order valence-electron chi connectivity index (χ1n) is 4.04. The van der Waals surface area contributed by atoms with Crippen LogP contribution in [0.1, 0.15) is 6.92 Å². The average molecular weight is 237 g/mol. The number of ether oxygens (including phenoxy) is 1. The number of alkyl halides is 3. The van der Waals surface area contributed by atoms with E-state index in [0.29, 0.717) is 6.08 Å². The third-order valence-corrected chi connectivity index (χ3v) is 1.51. The number of ketones is 1. The van der Waals surface area contributed by atoms with Gasteiger partial charge in [0.25, 0.3) is 5.78 Å². The number of allylic oxidation sites excluding steroid dienone is 2. The van der Waals surface area contributed by atoms with Crippen LogP contribution in [0, 0.1) is 0 Å². The van der Waals surface area contributed by atoms with Gasteiger partial charge in [-0.05, 0) is 19.1 Å². The Morgan fingerprint density at radius 3 is 2.06 bits per heavy atom. The number of hydrogen-bond acceptors (Lipinski definition) is 4. The molecule has 0 aliphatic heterocycles. The molecule has 0 aliphatic carbocycles. The van der Waals surface area contributed by atoms with Crippen LogP contribution < -0.4 is 5.73 Å². The van der Waals surface area contributed by atoms with Crippen molar-refractivity contribution in [3.05, 3.63) is 23.4 Å². The summed E-state index contributed by atoms with van der Waals surface area (Å²) in [4.78, 5) is 21.5. The van der Waals surface area contributed by atoms with Gasteiger partial charge in [-0.2, -0.15) is 13.2 Å². The van der Waals surface area contributed by atoms with Gasteiger partial charge in [0.05, 0.1) is 12.7 Å². The zero-order chi connectivity index (χ0) is 12.9. The standard InChI is InChI=1S/C9H10F3NO3/c1-5(13)6(8(15)16-2)3-4-7(14)9(10,11)12/h3-4H,13H2,1-2H3/b4-3?,6-5-. The Morgan fingerprint density at radius 1 is 1.25 bits per heavy atom. The summed E-state index contributed by atoms with van der Waals surface area (Å²) in [6.45, 7) is 1.30. The Balaban J connectivity index is 4.95. The number of hydrogen-bond donors (Lipinski definition) is 1. The highest BCUT2D eigenvalue weighted by Crippen LogP contribution is 2.17. The molecule has 0 fully saturated rings. The Hall–Kier alpha value is -1.79. The molecule has 0 radical (unpaired) electrons. The van der Waals surface area contributed by atoms with Crippen molar-refractivity contribution in [1.29, 1.82) is 0 Å². The molecule has 0 amide bonds. The first-order chi connectivity index (χ1) is 7.20. The summed E-state index contributed by atoms with van der Waals surface area (Å²) in [5, 5.41) is 0. The lowest BCUT2D eigenvalue weighted by atomic mass is 10.2. The molecule has 90 valence electrons. The maximum absolute atomic E-state index is 11.8. The van der Waals surface area contributed by atoms with Gasteiger partial charge in [0, 0.05) is 5.70 Å². The van der Waals surface area contributed by atoms with Crippen LogP contribution >= 0.6 is 0 Å². The Kier molecular flexibility index (Phi) is 4.74. The molecule has 0 aromatic carbocycles. The largest absolute Gasteiger partial charge is 0.465 e. The van der Waals surface area contributed by atoms with Gasteiger partial charge in [0.2, 0.25) is 0 Å². The van der Waals surface area contributed by atoms with E-state index in [2.05, 4.69) is 4.74 Å². The lowest BCUT2D eigenvalue weighted by Crippen LogP contribution is -2.20. The molecule has 0 saturated carbocycles. The summed E-state index contributed by atoms with van der Waals surface area (Å²) in [5.74, 6) is -2.98.